The zero-order chi connectivity index (χ0) is 15.6. The van der Waals surface area contributed by atoms with Crippen LogP contribution in [0.4, 0.5) is 0 Å². The number of hydrogen-bond donors (Lipinski definition) is 0. The van der Waals surface area contributed by atoms with E-state index < -0.39 is 0 Å². The number of ether oxygens (including phenoxy) is 1. The van der Waals surface area contributed by atoms with E-state index in [1.807, 2.05) is 54.6 Å². The lowest BCUT2D eigenvalue weighted by Crippen LogP contribution is -1.95. The van der Waals surface area contributed by atoms with Crippen molar-refractivity contribution in [2.75, 3.05) is 0 Å². The molecule has 4 aromatic rings. The Morgan fingerprint density at radius 3 is 2.52 bits per heavy atom. The molecule has 0 atom stereocenters. The van der Waals surface area contributed by atoms with Crippen LogP contribution < -0.4 is 4.74 Å². The summed E-state index contributed by atoms with van der Waals surface area (Å²) in [6.07, 6.45) is 0. The maximum Gasteiger partial charge on any atom is 0.185 e. The molecule has 0 aliphatic rings. The first kappa shape index (κ1) is 13.7. The fourth-order valence-corrected chi connectivity index (χ4v) is 2.41. The lowest BCUT2D eigenvalue weighted by molar-refractivity contribution is 0.483. The van der Waals surface area contributed by atoms with Crippen molar-refractivity contribution in [1.82, 2.24) is 19.8 Å². The van der Waals surface area contributed by atoms with E-state index in [4.69, 9.17) is 16.3 Å². The lowest BCUT2D eigenvalue weighted by atomic mass is 10.2. The van der Waals surface area contributed by atoms with Gasteiger partial charge in [-0.25, -0.2) is 0 Å². The molecule has 0 spiro atoms. The third kappa shape index (κ3) is 2.74. The third-order valence-corrected chi connectivity index (χ3v) is 3.50. The van der Waals surface area contributed by atoms with Crippen LogP contribution in [-0.2, 0) is 0 Å². The molecule has 2 aromatic heterocycles. The summed E-state index contributed by atoms with van der Waals surface area (Å²) >= 11 is 5.96. The summed E-state index contributed by atoms with van der Waals surface area (Å²) in [6.45, 7) is 0. The number of benzene rings is 2. The van der Waals surface area contributed by atoms with Crippen LogP contribution >= 0.6 is 11.6 Å². The smallest absolute Gasteiger partial charge is 0.185 e. The number of hydrogen-bond acceptors (Lipinski definition) is 4. The van der Waals surface area contributed by atoms with Gasteiger partial charge in [0.1, 0.15) is 16.7 Å². The van der Waals surface area contributed by atoms with E-state index in [0.29, 0.717) is 22.4 Å². The molecule has 0 saturated heterocycles. The second-order valence-electron chi connectivity index (χ2n) is 4.89. The average molecular weight is 323 g/mol. The minimum atomic E-state index is 0.384. The van der Waals surface area contributed by atoms with Crippen molar-refractivity contribution >= 4 is 17.2 Å². The van der Waals surface area contributed by atoms with E-state index in [1.165, 1.54) is 0 Å². The quantitative estimate of drug-likeness (QED) is 0.566. The van der Waals surface area contributed by atoms with Crippen molar-refractivity contribution in [2.45, 2.75) is 0 Å². The van der Waals surface area contributed by atoms with Gasteiger partial charge in [-0.15, -0.1) is 10.2 Å². The molecule has 0 aliphatic heterocycles. The Labute approximate surface area is 137 Å². The Morgan fingerprint density at radius 2 is 1.65 bits per heavy atom. The van der Waals surface area contributed by atoms with E-state index in [2.05, 4.69) is 15.3 Å². The van der Waals surface area contributed by atoms with Gasteiger partial charge in [0, 0.05) is 5.56 Å². The minimum Gasteiger partial charge on any atom is -0.457 e. The van der Waals surface area contributed by atoms with Crippen LogP contribution in [-0.4, -0.2) is 19.8 Å². The second-order valence-corrected chi connectivity index (χ2v) is 5.28. The summed E-state index contributed by atoms with van der Waals surface area (Å²) in [5, 5.41) is 12.9. The van der Waals surface area contributed by atoms with E-state index in [1.54, 1.807) is 16.6 Å². The van der Waals surface area contributed by atoms with Gasteiger partial charge >= 0.3 is 0 Å². The third-order valence-electron chi connectivity index (χ3n) is 3.30. The Hall–Kier alpha value is -2.92. The highest BCUT2D eigenvalue weighted by Gasteiger charge is 2.10. The summed E-state index contributed by atoms with van der Waals surface area (Å²) in [6, 6.07) is 20.7. The van der Waals surface area contributed by atoms with E-state index in [-0.39, 0.29) is 0 Å². The maximum absolute atomic E-state index is 5.96. The van der Waals surface area contributed by atoms with Gasteiger partial charge in [0.25, 0.3) is 0 Å². The molecule has 0 radical (unpaired) electrons. The van der Waals surface area contributed by atoms with E-state index in [9.17, 15) is 0 Å². The first-order valence-corrected chi connectivity index (χ1v) is 7.39. The summed E-state index contributed by atoms with van der Waals surface area (Å²) < 4.78 is 7.46. The molecule has 112 valence electrons. The van der Waals surface area contributed by atoms with Crippen molar-refractivity contribution in [1.29, 1.82) is 0 Å². The zero-order valence-corrected chi connectivity index (χ0v) is 12.7. The summed E-state index contributed by atoms with van der Waals surface area (Å²) in [7, 11) is 0. The Morgan fingerprint density at radius 1 is 0.826 bits per heavy atom. The Balaban J connectivity index is 1.74. The molecule has 0 bridgehead atoms. The Kier molecular flexibility index (Phi) is 3.40. The fourth-order valence-electron chi connectivity index (χ4n) is 2.27. The van der Waals surface area contributed by atoms with Crippen LogP contribution in [0.25, 0.3) is 17.0 Å². The van der Waals surface area contributed by atoms with Gasteiger partial charge in [0.2, 0.25) is 0 Å². The number of rotatable bonds is 3. The largest absolute Gasteiger partial charge is 0.457 e. The normalized spacial score (nSPS) is 10.8. The predicted octanol–water partition coefficient (Wildman–Crippen LogP) is 4.24. The van der Waals surface area contributed by atoms with Gasteiger partial charge in [0.15, 0.2) is 11.5 Å². The van der Waals surface area contributed by atoms with Crippen LogP contribution in [0, 0.1) is 0 Å². The van der Waals surface area contributed by atoms with Gasteiger partial charge in [0.05, 0.1) is 0 Å². The Bertz CT molecular complexity index is 969. The van der Waals surface area contributed by atoms with Gasteiger partial charge in [-0.2, -0.15) is 9.61 Å². The van der Waals surface area contributed by atoms with E-state index in [0.717, 1.165) is 11.3 Å². The molecule has 0 amide bonds. The van der Waals surface area contributed by atoms with Crippen molar-refractivity contribution in [3.63, 3.8) is 0 Å². The highest BCUT2D eigenvalue weighted by Crippen LogP contribution is 2.26. The van der Waals surface area contributed by atoms with Crippen LogP contribution in [0.1, 0.15) is 0 Å². The maximum atomic E-state index is 5.96. The summed E-state index contributed by atoms with van der Waals surface area (Å²) in [5.74, 6) is 2.10. The molecule has 5 nitrogen and oxygen atoms in total. The van der Waals surface area contributed by atoms with Gasteiger partial charge in [-0.05, 0) is 36.4 Å². The molecule has 0 fully saturated rings. The SMILES string of the molecule is Clc1ccc2nnc(-c3cccc(Oc4ccccc4)c3)n2n1. The van der Waals surface area contributed by atoms with Crippen LogP contribution in [0.15, 0.2) is 66.7 Å². The highest BCUT2D eigenvalue weighted by atomic mass is 35.5. The predicted molar refractivity (Wildman–Crippen MR) is 87.7 cm³/mol. The van der Waals surface area contributed by atoms with Crippen molar-refractivity contribution in [2.24, 2.45) is 0 Å². The van der Waals surface area contributed by atoms with Gasteiger partial charge in [-0.3, -0.25) is 0 Å². The number of aromatic nitrogens is 4. The van der Waals surface area contributed by atoms with Crippen LogP contribution in [0.2, 0.25) is 5.15 Å². The molecular formula is C17H11ClN4O. The first-order chi connectivity index (χ1) is 11.3. The standard InChI is InChI=1S/C17H11ClN4O/c18-15-9-10-16-19-20-17(22(16)21-15)12-5-4-8-14(11-12)23-13-6-2-1-3-7-13/h1-11H. The van der Waals surface area contributed by atoms with E-state index >= 15 is 0 Å². The molecule has 2 heterocycles. The van der Waals surface area contributed by atoms with Crippen molar-refractivity contribution < 1.29 is 4.74 Å². The van der Waals surface area contributed by atoms with Crippen LogP contribution in [0.3, 0.4) is 0 Å². The number of para-hydroxylation sites is 1. The summed E-state index contributed by atoms with van der Waals surface area (Å²) in [5.41, 5.74) is 1.49. The molecule has 4 rings (SSSR count). The van der Waals surface area contributed by atoms with Gasteiger partial charge in [-0.1, -0.05) is 41.9 Å². The molecular weight excluding hydrogens is 312 g/mol. The van der Waals surface area contributed by atoms with Gasteiger partial charge < -0.3 is 4.74 Å². The molecule has 0 aliphatic carbocycles. The fraction of sp³-hybridized carbons (Fsp3) is 0. The second kappa shape index (κ2) is 5.70. The molecule has 0 N–H and O–H groups in total. The summed E-state index contributed by atoms with van der Waals surface area (Å²) in [4.78, 5) is 0. The molecule has 6 heteroatoms. The number of halogens is 1. The molecule has 0 unspecified atom stereocenters. The molecule has 2 aromatic carbocycles. The topological polar surface area (TPSA) is 52.3 Å². The molecule has 0 saturated carbocycles. The average Bonchev–Trinajstić information content (AvgIpc) is 2.99. The lowest BCUT2D eigenvalue weighted by Gasteiger charge is -2.06. The monoisotopic (exact) mass is 322 g/mol. The number of nitrogens with zero attached hydrogens (tertiary/aromatic N) is 4. The zero-order valence-electron chi connectivity index (χ0n) is 11.9. The minimum absolute atomic E-state index is 0.384. The molecule has 23 heavy (non-hydrogen) atoms. The first-order valence-electron chi connectivity index (χ1n) is 7.01. The highest BCUT2D eigenvalue weighted by molar-refractivity contribution is 6.29. The van der Waals surface area contributed by atoms with Crippen molar-refractivity contribution in [3.8, 4) is 22.9 Å². The van der Waals surface area contributed by atoms with Crippen LogP contribution in [0.5, 0.6) is 11.5 Å². The number of fused-ring (bicyclic) bond motifs is 1. The van der Waals surface area contributed by atoms with Crippen molar-refractivity contribution in [3.05, 3.63) is 71.9 Å².